The molecule has 1 aromatic carbocycles. The molecule has 1 fully saturated rings. The van der Waals surface area contributed by atoms with Crippen molar-refractivity contribution in [2.24, 2.45) is 0 Å². The molecule has 0 spiro atoms. The summed E-state index contributed by atoms with van der Waals surface area (Å²) in [6.07, 6.45) is 0.426. The smallest absolute Gasteiger partial charge is 0.271 e. The molecule has 2 N–H and O–H groups in total. The van der Waals surface area contributed by atoms with Crippen LogP contribution in [0.2, 0.25) is 0 Å². The second-order valence-corrected chi connectivity index (χ2v) is 6.75. The number of rotatable bonds is 2. The molecule has 2 rings (SSSR count). The van der Waals surface area contributed by atoms with E-state index in [-0.39, 0.29) is 23.4 Å². The molecule has 0 saturated carbocycles. The van der Waals surface area contributed by atoms with Gasteiger partial charge in [-0.15, -0.1) is 0 Å². The number of nitrogen functional groups attached to an aromatic ring is 1. The van der Waals surface area contributed by atoms with Crippen LogP contribution in [-0.2, 0) is 14.6 Å². The van der Waals surface area contributed by atoms with Crippen molar-refractivity contribution in [3.63, 3.8) is 0 Å². The maximum Gasteiger partial charge on any atom is 0.271 e. The number of anilines is 1. The number of halogens is 2. The fourth-order valence-electron chi connectivity index (χ4n) is 2.06. The van der Waals surface area contributed by atoms with Crippen molar-refractivity contribution in [2.45, 2.75) is 29.8 Å². The van der Waals surface area contributed by atoms with Crippen molar-refractivity contribution in [3.8, 4) is 0 Å². The van der Waals surface area contributed by atoms with Crippen LogP contribution >= 0.6 is 0 Å². The molecule has 1 aliphatic rings. The van der Waals surface area contributed by atoms with E-state index in [9.17, 15) is 17.2 Å². The zero-order chi connectivity index (χ0) is 14.3. The fraction of sp³-hybridized carbons (Fsp3) is 0.500. The van der Waals surface area contributed by atoms with Crippen LogP contribution in [0.5, 0.6) is 0 Å². The fourth-order valence-corrected chi connectivity index (χ4v) is 2.90. The summed E-state index contributed by atoms with van der Waals surface area (Å²) in [4.78, 5) is 0.00549. The first-order chi connectivity index (χ1) is 8.69. The van der Waals surface area contributed by atoms with Crippen LogP contribution < -0.4 is 5.73 Å². The van der Waals surface area contributed by atoms with Gasteiger partial charge >= 0.3 is 0 Å². The zero-order valence-corrected chi connectivity index (χ0v) is 11.2. The maximum atomic E-state index is 13.0. The Balaban J connectivity index is 2.28. The molecule has 0 unspecified atom stereocenters. The predicted octanol–water partition coefficient (Wildman–Crippen LogP) is 2.16. The van der Waals surface area contributed by atoms with Crippen LogP contribution in [0.3, 0.4) is 0 Å². The Morgan fingerprint density at radius 3 is 2.63 bits per heavy atom. The second kappa shape index (κ2) is 4.72. The first kappa shape index (κ1) is 14.2. The molecule has 19 heavy (non-hydrogen) atoms. The van der Waals surface area contributed by atoms with Gasteiger partial charge in [-0.1, -0.05) is 6.07 Å². The van der Waals surface area contributed by atoms with Crippen LogP contribution in [0.1, 0.15) is 24.5 Å². The minimum absolute atomic E-state index is 0.00549. The molecule has 0 radical (unpaired) electrons. The number of sulfone groups is 1. The summed E-state index contributed by atoms with van der Waals surface area (Å²) in [5.41, 5.74) is 6.31. The molecule has 1 aliphatic heterocycles. The van der Waals surface area contributed by atoms with E-state index < -0.39 is 28.5 Å². The van der Waals surface area contributed by atoms with E-state index >= 15 is 0 Å². The molecule has 1 aromatic rings. The molecular weight excluding hydrogens is 276 g/mol. The minimum atomic E-state index is -3.45. The second-order valence-electron chi connectivity index (χ2n) is 4.76. The van der Waals surface area contributed by atoms with Crippen molar-refractivity contribution in [1.82, 2.24) is 0 Å². The number of nitrogens with two attached hydrogens (primary N) is 1. The van der Waals surface area contributed by atoms with Gasteiger partial charge in [0.25, 0.3) is 5.92 Å². The molecule has 1 atom stereocenters. The predicted molar refractivity (Wildman–Crippen MR) is 66.8 cm³/mol. The number of hydrogen-bond donors (Lipinski definition) is 1. The lowest BCUT2D eigenvalue weighted by atomic mass is 9.99. The molecule has 1 heterocycles. The first-order valence-corrected chi connectivity index (χ1v) is 7.67. The largest absolute Gasteiger partial charge is 0.398 e. The third kappa shape index (κ3) is 3.22. The molecule has 0 bridgehead atoms. The summed E-state index contributed by atoms with van der Waals surface area (Å²) >= 11 is 0. The van der Waals surface area contributed by atoms with E-state index in [1.54, 1.807) is 6.07 Å². The number of alkyl halides is 2. The SMILES string of the molecule is CS(=O)(=O)c1cc([C@H]2CCC(F)(F)CO2)ccc1N. The molecule has 4 nitrogen and oxygen atoms in total. The average molecular weight is 291 g/mol. The van der Waals surface area contributed by atoms with Crippen molar-refractivity contribution >= 4 is 15.5 Å². The Kier molecular flexibility index (Phi) is 3.53. The van der Waals surface area contributed by atoms with Crippen LogP contribution in [0, 0.1) is 0 Å². The van der Waals surface area contributed by atoms with E-state index in [1.807, 2.05) is 0 Å². The van der Waals surface area contributed by atoms with E-state index in [4.69, 9.17) is 10.5 Å². The molecule has 0 amide bonds. The Labute approximate surface area is 110 Å². The monoisotopic (exact) mass is 291 g/mol. The average Bonchev–Trinajstić information content (AvgIpc) is 2.28. The van der Waals surface area contributed by atoms with Gasteiger partial charge in [-0.3, -0.25) is 0 Å². The Bertz CT molecular complexity index is 577. The van der Waals surface area contributed by atoms with Gasteiger partial charge in [-0.2, -0.15) is 0 Å². The lowest BCUT2D eigenvalue weighted by molar-refractivity contribution is -0.145. The van der Waals surface area contributed by atoms with Gasteiger partial charge in [0.1, 0.15) is 6.61 Å². The summed E-state index contributed by atoms with van der Waals surface area (Å²) in [5.74, 6) is -2.80. The van der Waals surface area contributed by atoms with Gasteiger partial charge in [-0.05, 0) is 24.1 Å². The standard InChI is InChI=1S/C12H15F2NO3S/c1-19(16,17)11-6-8(2-3-9(11)15)10-4-5-12(13,14)7-18-10/h2-3,6,10H,4-5,7,15H2,1H3/t10-/m1/s1. The highest BCUT2D eigenvalue weighted by Gasteiger charge is 2.36. The summed E-state index contributed by atoms with van der Waals surface area (Å²) in [6, 6.07) is 4.47. The molecule has 106 valence electrons. The lowest BCUT2D eigenvalue weighted by Gasteiger charge is -2.29. The third-order valence-electron chi connectivity index (χ3n) is 3.08. The quantitative estimate of drug-likeness (QED) is 0.848. The van der Waals surface area contributed by atoms with Gasteiger partial charge in [0, 0.05) is 12.7 Å². The first-order valence-electron chi connectivity index (χ1n) is 5.78. The van der Waals surface area contributed by atoms with Gasteiger partial charge in [0.15, 0.2) is 9.84 Å². The Morgan fingerprint density at radius 1 is 1.42 bits per heavy atom. The summed E-state index contributed by atoms with van der Waals surface area (Å²) in [7, 11) is -3.45. The normalized spacial score (nSPS) is 23.2. The van der Waals surface area contributed by atoms with Gasteiger partial charge in [0.2, 0.25) is 0 Å². The molecule has 0 aliphatic carbocycles. The summed E-state index contributed by atoms with van der Waals surface area (Å²) < 4.78 is 54.2. The van der Waals surface area contributed by atoms with Crippen LogP contribution in [0.25, 0.3) is 0 Å². The van der Waals surface area contributed by atoms with E-state index in [2.05, 4.69) is 0 Å². The zero-order valence-electron chi connectivity index (χ0n) is 10.4. The van der Waals surface area contributed by atoms with Crippen LogP contribution in [0.15, 0.2) is 23.1 Å². The molecular formula is C12H15F2NO3S. The van der Waals surface area contributed by atoms with Gasteiger partial charge in [-0.25, -0.2) is 17.2 Å². The van der Waals surface area contributed by atoms with Crippen LogP contribution in [0.4, 0.5) is 14.5 Å². The Morgan fingerprint density at radius 2 is 2.11 bits per heavy atom. The van der Waals surface area contributed by atoms with E-state index in [1.165, 1.54) is 12.1 Å². The number of ether oxygens (including phenoxy) is 1. The third-order valence-corrected chi connectivity index (χ3v) is 4.23. The summed E-state index contributed by atoms with van der Waals surface area (Å²) in [6.45, 7) is -0.643. The van der Waals surface area contributed by atoms with Crippen molar-refractivity contribution < 1.29 is 21.9 Å². The highest BCUT2D eigenvalue weighted by molar-refractivity contribution is 7.90. The van der Waals surface area contributed by atoms with E-state index in [0.29, 0.717) is 5.56 Å². The molecule has 7 heteroatoms. The number of benzene rings is 1. The van der Waals surface area contributed by atoms with Crippen LogP contribution in [-0.4, -0.2) is 27.2 Å². The van der Waals surface area contributed by atoms with Gasteiger partial charge in [0.05, 0.1) is 16.7 Å². The molecule has 1 saturated heterocycles. The number of hydrogen-bond acceptors (Lipinski definition) is 4. The molecule has 0 aromatic heterocycles. The summed E-state index contributed by atoms with van der Waals surface area (Å²) in [5, 5.41) is 0. The lowest BCUT2D eigenvalue weighted by Crippen LogP contribution is -2.31. The van der Waals surface area contributed by atoms with Gasteiger partial charge < -0.3 is 10.5 Å². The van der Waals surface area contributed by atoms with Crippen molar-refractivity contribution in [2.75, 3.05) is 18.6 Å². The minimum Gasteiger partial charge on any atom is -0.398 e. The maximum absolute atomic E-state index is 13.0. The highest BCUT2D eigenvalue weighted by Crippen LogP contribution is 2.36. The Hall–Kier alpha value is -1.21. The van der Waals surface area contributed by atoms with Crippen molar-refractivity contribution in [3.05, 3.63) is 23.8 Å². The highest BCUT2D eigenvalue weighted by atomic mass is 32.2. The topological polar surface area (TPSA) is 69.4 Å². The van der Waals surface area contributed by atoms with E-state index in [0.717, 1.165) is 6.26 Å². The van der Waals surface area contributed by atoms with Crippen molar-refractivity contribution in [1.29, 1.82) is 0 Å².